The molecule has 0 spiro atoms. The number of hydrogen-bond donors (Lipinski definition) is 0. The second-order valence-electron chi connectivity index (χ2n) is 0. The molecule has 0 aliphatic heterocycles. The smallest absolute Gasteiger partial charge is 1.00 e. The van der Waals surface area contributed by atoms with Gasteiger partial charge >= 0.3 is 45.5 Å². The molecular weight excluding hydrogens is 408 g/mol. The molecule has 0 aliphatic carbocycles. The molecule has 3 radical (unpaired) electrons. The second kappa shape index (κ2) is 15.6. The Kier molecular flexibility index (Phi) is 92.3. The Morgan fingerprint density at radius 1 is 1.25 bits per heavy atom. The third-order valence-electron chi connectivity index (χ3n) is 0. The van der Waals surface area contributed by atoms with Crippen molar-refractivity contribution in [3.63, 3.8) is 0 Å². The Hall–Kier alpha value is 4.52. The summed E-state index contributed by atoms with van der Waals surface area (Å²) in [5.74, 6) is 0. The van der Waals surface area contributed by atoms with Crippen LogP contribution < -0.4 is 0 Å². The molecule has 0 bridgehead atoms. The van der Waals surface area contributed by atoms with E-state index in [1.54, 1.807) is 0 Å². The maximum Gasteiger partial charge on any atom is 2.00 e. The van der Waals surface area contributed by atoms with Crippen molar-refractivity contribution in [2.24, 2.45) is 0 Å². The predicted octanol–water partition coefficient (Wildman–Crippen LogP) is -0.161. The van der Waals surface area contributed by atoms with Crippen molar-refractivity contribution < 1.29 is 93.5 Å². The molecule has 0 saturated carbocycles. The molecule has 0 unspecified atom stereocenters. The summed E-state index contributed by atoms with van der Waals surface area (Å²) in [5, 5.41) is 0. The van der Waals surface area contributed by atoms with Crippen LogP contribution in [0.1, 0.15) is 2.85 Å². The maximum atomic E-state index is 0. The Morgan fingerprint density at radius 2 is 1.25 bits per heavy atom. The van der Waals surface area contributed by atoms with Crippen LogP contribution in [-0.2, 0) is 55.1 Å². The summed E-state index contributed by atoms with van der Waals surface area (Å²) in [6, 6.07) is 0. The van der Waals surface area contributed by atoms with Crippen LogP contribution in [0.25, 0.3) is 0 Å². The average molecular weight is 410 g/mol. The van der Waals surface area contributed by atoms with Crippen molar-refractivity contribution in [2.45, 2.75) is 0 Å². The van der Waals surface area contributed by atoms with Crippen molar-refractivity contribution in [3.8, 4) is 0 Å². The molecule has 0 aromatic carbocycles. The van der Waals surface area contributed by atoms with Gasteiger partial charge in [-0.25, -0.2) is 0 Å². The molecule has 15 valence electrons. The first-order valence-corrected chi connectivity index (χ1v) is 0. The summed E-state index contributed by atoms with van der Waals surface area (Å²) in [6.45, 7) is 0. The zero-order chi connectivity index (χ0) is 0. The average Bonchev–Trinajstić information content (AvgIpc) is 0. The molecule has 0 rings (SSSR count). The van der Waals surface area contributed by atoms with Crippen molar-refractivity contribution in [3.05, 3.63) is 0 Å². The van der Waals surface area contributed by atoms with E-state index < -0.39 is 0 Å². The molecule has 0 amide bonds. The van der Waals surface area contributed by atoms with Gasteiger partial charge in [-0.1, -0.05) is 0 Å². The van der Waals surface area contributed by atoms with Crippen molar-refractivity contribution in [1.29, 1.82) is 0 Å². The summed E-state index contributed by atoms with van der Waals surface area (Å²) in [4.78, 5) is 0. The third-order valence-corrected chi connectivity index (χ3v) is 0. The minimum absolute atomic E-state index is 0. The monoisotopic (exact) mass is 411 g/mol. The van der Waals surface area contributed by atoms with Crippen LogP contribution in [0.4, 0.5) is 0 Å². The standard InChI is InChI=1S/La.Nb.Sr.Y.2H/q;;+2;;2*-1. The van der Waals surface area contributed by atoms with E-state index in [-0.39, 0.29) is 139 Å². The van der Waals surface area contributed by atoms with Crippen LogP contribution in [0.15, 0.2) is 0 Å². The van der Waals surface area contributed by atoms with Crippen LogP contribution in [0.3, 0.4) is 0 Å². The van der Waals surface area contributed by atoms with Gasteiger partial charge in [0.1, 0.15) is 0 Å². The summed E-state index contributed by atoms with van der Waals surface area (Å²) in [6.07, 6.45) is 0. The van der Waals surface area contributed by atoms with Gasteiger partial charge in [0.2, 0.25) is 0 Å². The van der Waals surface area contributed by atoms with E-state index in [0.717, 1.165) is 0 Å². The Morgan fingerprint density at radius 3 is 1.25 bits per heavy atom. The van der Waals surface area contributed by atoms with E-state index in [2.05, 4.69) is 0 Å². The zero-order valence-corrected chi connectivity index (χ0v) is 14.4. The van der Waals surface area contributed by atoms with Gasteiger partial charge in [-0.3, -0.25) is 0 Å². The van der Waals surface area contributed by atoms with Gasteiger partial charge in [-0.2, -0.15) is 0 Å². The maximum absolute atomic E-state index is 0. The minimum atomic E-state index is 0. The largest absolute Gasteiger partial charge is 2.00 e. The predicted molar refractivity (Wildman–Crippen MR) is 7.98 cm³/mol. The Bertz CT molecular complexity index is 13.5. The fourth-order valence-electron chi connectivity index (χ4n) is 0. The van der Waals surface area contributed by atoms with E-state index in [1.165, 1.54) is 0 Å². The van der Waals surface area contributed by atoms with Crippen molar-refractivity contribution >= 4 is 45.5 Å². The van der Waals surface area contributed by atoms with Crippen molar-refractivity contribution in [2.75, 3.05) is 0 Å². The van der Waals surface area contributed by atoms with Gasteiger partial charge in [-0.15, -0.1) is 0 Å². The quantitative estimate of drug-likeness (QED) is 0.487. The van der Waals surface area contributed by atoms with Gasteiger partial charge < -0.3 is 2.85 Å². The molecule has 0 atom stereocenters. The SMILES string of the molecule is [H-].[H-].[La].[Nb].[Sr+2].[Y]. The van der Waals surface area contributed by atoms with Gasteiger partial charge in [0.25, 0.3) is 0 Å². The van der Waals surface area contributed by atoms with E-state index in [1.807, 2.05) is 0 Å². The molecule has 0 N–H and O–H groups in total. The van der Waals surface area contributed by atoms with Gasteiger partial charge in [0.15, 0.2) is 0 Å². The first kappa shape index (κ1) is 23.6. The van der Waals surface area contributed by atoms with E-state index in [9.17, 15) is 0 Å². The third kappa shape index (κ3) is 9.72. The van der Waals surface area contributed by atoms with Gasteiger partial charge in [-0.05, 0) is 0 Å². The Labute approximate surface area is 135 Å². The first-order chi connectivity index (χ1) is 0. The van der Waals surface area contributed by atoms with Gasteiger partial charge in [0, 0.05) is 90.7 Å². The van der Waals surface area contributed by atoms with E-state index in [0.29, 0.717) is 0 Å². The van der Waals surface area contributed by atoms with Crippen molar-refractivity contribution in [1.82, 2.24) is 0 Å². The van der Waals surface area contributed by atoms with Crippen LogP contribution in [0, 0.1) is 35.6 Å². The molecule has 0 heterocycles. The van der Waals surface area contributed by atoms with E-state index >= 15 is 0 Å². The Balaban J connectivity index is 0. The fraction of sp³-hybridized carbons (Fsp3) is 0. The van der Waals surface area contributed by atoms with Crippen LogP contribution >= 0.6 is 0 Å². The minimum Gasteiger partial charge on any atom is -1.00 e. The normalized spacial score (nSPS) is 0. The molecule has 4 heteroatoms. The molecule has 0 fully saturated rings. The first-order valence-electron chi connectivity index (χ1n) is 0. The molecule has 0 aromatic rings. The molecular formula is H2LaNbSrY. The summed E-state index contributed by atoms with van der Waals surface area (Å²) in [5.41, 5.74) is 0. The van der Waals surface area contributed by atoms with Crippen LogP contribution in [0.2, 0.25) is 0 Å². The molecule has 0 nitrogen and oxygen atoms in total. The van der Waals surface area contributed by atoms with Crippen LogP contribution in [-0.4, -0.2) is 45.5 Å². The zero-order valence-electron chi connectivity index (χ0n) is 4.31. The van der Waals surface area contributed by atoms with Crippen LogP contribution in [0.5, 0.6) is 0 Å². The second-order valence-corrected chi connectivity index (χ2v) is 0. The summed E-state index contributed by atoms with van der Waals surface area (Å²) < 4.78 is 0. The summed E-state index contributed by atoms with van der Waals surface area (Å²) in [7, 11) is 0. The number of rotatable bonds is 0. The molecule has 0 aliphatic rings. The summed E-state index contributed by atoms with van der Waals surface area (Å²) >= 11 is 0. The number of hydrogen-bond acceptors (Lipinski definition) is 0. The van der Waals surface area contributed by atoms with Gasteiger partial charge in [0.05, 0.1) is 0 Å². The fourth-order valence-corrected chi connectivity index (χ4v) is 0. The molecule has 0 aromatic heterocycles. The molecule has 0 saturated heterocycles. The topological polar surface area (TPSA) is 0 Å². The molecule has 4 heavy (non-hydrogen) atoms. The van der Waals surface area contributed by atoms with E-state index in [4.69, 9.17) is 0 Å².